The molecule has 0 aliphatic carbocycles. The van der Waals surface area contributed by atoms with Crippen LogP contribution in [0.25, 0.3) is 11.1 Å². The first-order chi connectivity index (χ1) is 13.4. The van der Waals surface area contributed by atoms with Gasteiger partial charge < -0.3 is 19.6 Å². The van der Waals surface area contributed by atoms with E-state index in [2.05, 4.69) is 16.8 Å². The smallest absolute Gasteiger partial charge is 0.259 e. The number of aliphatic hydroxyl groups is 1. The van der Waals surface area contributed by atoms with E-state index in [1.807, 2.05) is 57.4 Å². The van der Waals surface area contributed by atoms with Gasteiger partial charge in [-0.15, -0.1) is 0 Å². The molecule has 0 radical (unpaired) electrons. The summed E-state index contributed by atoms with van der Waals surface area (Å²) in [5.74, 6) is 0.305. The topological polar surface area (TPSA) is 65.9 Å². The van der Waals surface area contributed by atoms with E-state index < -0.39 is 0 Å². The van der Waals surface area contributed by atoms with Crippen molar-refractivity contribution >= 4 is 5.91 Å². The average Bonchev–Trinajstić information content (AvgIpc) is 2.70. The van der Waals surface area contributed by atoms with Crippen molar-refractivity contribution in [1.82, 2.24) is 14.8 Å². The van der Waals surface area contributed by atoms with Gasteiger partial charge in [0, 0.05) is 30.8 Å². The normalized spacial score (nSPS) is 20.9. The van der Waals surface area contributed by atoms with Crippen molar-refractivity contribution in [2.24, 2.45) is 5.92 Å². The van der Waals surface area contributed by atoms with Crippen molar-refractivity contribution in [2.75, 3.05) is 33.8 Å². The Morgan fingerprint density at radius 2 is 2.00 bits per heavy atom. The lowest BCUT2D eigenvalue weighted by Crippen LogP contribution is -2.49. The number of likely N-dealkylation sites (N-methyl/N-ethyl adjacent to an activating group) is 1. The summed E-state index contributed by atoms with van der Waals surface area (Å²) in [5.41, 5.74) is 2.30. The van der Waals surface area contributed by atoms with Crippen molar-refractivity contribution in [3.8, 4) is 17.0 Å². The standard InChI is InChI=1S/C22H29N3O3/c1-15-12-25(16(2)14-26)22(27)19-10-18(17-8-6-5-7-9-17)11-23-21(19)28-20(15)13-24(3)4/h5-11,15-16,20,26H,12-14H2,1-4H3/t15-,16-,20+/m1/s1. The second kappa shape index (κ2) is 8.71. The number of fused-ring (bicyclic) bond motifs is 1. The fourth-order valence-electron chi connectivity index (χ4n) is 3.47. The van der Waals surface area contributed by atoms with Gasteiger partial charge in [0.2, 0.25) is 5.88 Å². The number of amides is 1. The first kappa shape index (κ1) is 20.3. The Kier molecular flexibility index (Phi) is 6.31. The predicted molar refractivity (Wildman–Crippen MR) is 109 cm³/mol. The number of carbonyl (C=O) groups is 1. The zero-order valence-corrected chi connectivity index (χ0v) is 17.0. The molecule has 1 aromatic heterocycles. The van der Waals surface area contributed by atoms with Crippen LogP contribution in [-0.4, -0.2) is 71.7 Å². The Hall–Kier alpha value is -2.44. The van der Waals surface area contributed by atoms with Crippen molar-refractivity contribution in [2.45, 2.75) is 26.0 Å². The second-order valence-corrected chi connectivity index (χ2v) is 7.83. The quantitative estimate of drug-likeness (QED) is 0.860. The minimum Gasteiger partial charge on any atom is -0.472 e. The Morgan fingerprint density at radius 3 is 2.64 bits per heavy atom. The van der Waals surface area contributed by atoms with Gasteiger partial charge in [-0.25, -0.2) is 4.98 Å². The molecule has 0 saturated heterocycles. The van der Waals surface area contributed by atoms with Crippen LogP contribution in [0.4, 0.5) is 0 Å². The fraction of sp³-hybridized carbons (Fsp3) is 0.455. The molecule has 0 fully saturated rings. The third-order valence-corrected chi connectivity index (χ3v) is 5.17. The summed E-state index contributed by atoms with van der Waals surface area (Å²) in [5, 5.41) is 9.70. The van der Waals surface area contributed by atoms with E-state index in [0.29, 0.717) is 18.0 Å². The molecule has 1 aromatic carbocycles. The number of benzene rings is 1. The highest BCUT2D eigenvalue weighted by Gasteiger charge is 2.33. The highest BCUT2D eigenvalue weighted by atomic mass is 16.5. The Bertz CT molecular complexity index is 810. The Balaban J connectivity index is 2.06. The van der Waals surface area contributed by atoms with Crippen LogP contribution in [0.2, 0.25) is 0 Å². The summed E-state index contributed by atoms with van der Waals surface area (Å²) >= 11 is 0. The first-order valence-corrected chi connectivity index (χ1v) is 9.69. The fourth-order valence-corrected chi connectivity index (χ4v) is 3.47. The van der Waals surface area contributed by atoms with Gasteiger partial charge in [-0.3, -0.25) is 4.79 Å². The molecule has 3 rings (SSSR count). The van der Waals surface area contributed by atoms with E-state index in [1.165, 1.54) is 0 Å². The first-order valence-electron chi connectivity index (χ1n) is 9.69. The molecule has 28 heavy (non-hydrogen) atoms. The lowest BCUT2D eigenvalue weighted by atomic mass is 9.99. The van der Waals surface area contributed by atoms with Crippen molar-refractivity contribution in [3.63, 3.8) is 0 Å². The summed E-state index contributed by atoms with van der Waals surface area (Å²) in [6, 6.07) is 11.4. The number of aliphatic hydroxyl groups excluding tert-OH is 1. The lowest BCUT2D eigenvalue weighted by molar-refractivity contribution is 0.0348. The van der Waals surface area contributed by atoms with E-state index >= 15 is 0 Å². The summed E-state index contributed by atoms with van der Waals surface area (Å²) in [4.78, 5) is 21.7. The summed E-state index contributed by atoms with van der Waals surface area (Å²) in [6.07, 6.45) is 1.64. The van der Waals surface area contributed by atoms with Gasteiger partial charge in [-0.2, -0.15) is 0 Å². The maximum atomic E-state index is 13.3. The molecule has 1 amide bonds. The SMILES string of the molecule is C[C@@H]1CN([C@H](C)CO)C(=O)c2cc(-c3ccccc3)cnc2O[C@H]1CN(C)C. The number of carbonyl (C=O) groups excluding carboxylic acids is 1. The van der Waals surface area contributed by atoms with Crippen LogP contribution in [-0.2, 0) is 0 Å². The van der Waals surface area contributed by atoms with Crippen LogP contribution in [0.3, 0.4) is 0 Å². The van der Waals surface area contributed by atoms with Crippen LogP contribution in [0.5, 0.6) is 5.88 Å². The molecule has 1 aliphatic heterocycles. The zero-order chi connectivity index (χ0) is 20.3. The van der Waals surface area contributed by atoms with Gasteiger partial charge in [0.25, 0.3) is 5.91 Å². The van der Waals surface area contributed by atoms with Gasteiger partial charge in [0.05, 0.1) is 12.6 Å². The molecule has 2 heterocycles. The lowest BCUT2D eigenvalue weighted by Gasteiger charge is -2.37. The van der Waals surface area contributed by atoms with E-state index in [-0.39, 0.29) is 30.6 Å². The number of hydrogen-bond acceptors (Lipinski definition) is 5. The van der Waals surface area contributed by atoms with Crippen LogP contribution in [0.1, 0.15) is 24.2 Å². The molecular formula is C22H29N3O3. The summed E-state index contributed by atoms with van der Waals surface area (Å²) in [6.45, 7) is 5.09. The molecule has 0 saturated carbocycles. The van der Waals surface area contributed by atoms with Crippen LogP contribution in [0.15, 0.2) is 42.6 Å². The van der Waals surface area contributed by atoms with Crippen molar-refractivity contribution in [3.05, 3.63) is 48.2 Å². The molecule has 0 unspecified atom stereocenters. The third-order valence-electron chi connectivity index (χ3n) is 5.17. The van der Waals surface area contributed by atoms with E-state index in [1.54, 1.807) is 11.1 Å². The van der Waals surface area contributed by atoms with Crippen LogP contribution >= 0.6 is 0 Å². The molecule has 0 spiro atoms. The number of aromatic nitrogens is 1. The van der Waals surface area contributed by atoms with Crippen LogP contribution < -0.4 is 4.74 Å². The Morgan fingerprint density at radius 1 is 1.29 bits per heavy atom. The molecule has 0 bridgehead atoms. The largest absolute Gasteiger partial charge is 0.472 e. The van der Waals surface area contributed by atoms with Gasteiger partial charge in [-0.05, 0) is 32.6 Å². The van der Waals surface area contributed by atoms with E-state index in [0.717, 1.165) is 17.7 Å². The zero-order valence-electron chi connectivity index (χ0n) is 17.0. The predicted octanol–water partition coefficient (Wildman–Crippen LogP) is 2.53. The molecule has 6 heteroatoms. The average molecular weight is 383 g/mol. The molecule has 150 valence electrons. The number of ether oxygens (including phenoxy) is 1. The minimum absolute atomic E-state index is 0.0845. The van der Waals surface area contributed by atoms with E-state index in [4.69, 9.17) is 4.74 Å². The van der Waals surface area contributed by atoms with Gasteiger partial charge >= 0.3 is 0 Å². The van der Waals surface area contributed by atoms with Gasteiger partial charge in [0.1, 0.15) is 11.7 Å². The number of nitrogens with zero attached hydrogens (tertiary/aromatic N) is 3. The summed E-state index contributed by atoms with van der Waals surface area (Å²) in [7, 11) is 4.00. The maximum Gasteiger partial charge on any atom is 0.259 e. The number of hydrogen-bond donors (Lipinski definition) is 1. The highest BCUT2D eigenvalue weighted by Crippen LogP contribution is 2.30. The number of pyridine rings is 1. The maximum absolute atomic E-state index is 13.3. The minimum atomic E-state index is -0.277. The van der Waals surface area contributed by atoms with Crippen molar-refractivity contribution < 1.29 is 14.6 Å². The molecule has 1 N–H and O–H groups in total. The molecule has 3 atom stereocenters. The highest BCUT2D eigenvalue weighted by molar-refractivity contribution is 5.98. The molecular weight excluding hydrogens is 354 g/mol. The van der Waals surface area contributed by atoms with Crippen molar-refractivity contribution in [1.29, 1.82) is 0 Å². The molecule has 1 aliphatic rings. The number of rotatable bonds is 5. The molecule has 6 nitrogen and oxygen atoms in total. The van der Waals surface area contributed by atoms with Crippen LogP contribution in [0, 0.1) is 5.92 Å². The molecule has 2 aromatic rings. The monoisotopic (exact) mass is 383 g/mol. The second-order valence-electron chi connectivity index (χ2n) is 7.83. The Labute approximate surface area is 166 Å². The van der Waals surface area contributed by atoms with Gasteiger partial charge in [-0.1, -0.05) is 37.3 Å². The third kappa shape index (κ3) is 4.34. The summed E-state index contributed by atoms with van der Waals surface area (Å²) < 4.78 is 6.22. The van der Waals surface area contributed by atoms with Gasteiger partial charge in [0.15, 0.2) is 0 Å². The van der Waals surface area contributed by atoms with E-state index in [9.17, 15) is 9.90 Å².